The van der Waals surface area contributed by atoms with Crippen LogP contribution in [0.2, 0.25) is 0 Å². The molecule has 138 valence electrons. The third kappa shape index (κ3) is 3.27. The van der Waals surface area contributed by atoms with Crippen molar-refractivity contribution in [3.8, 4) is 22.8 Å². The first kappa shape index (κ1) is 17.2. The number of carbonyl (C=O) groups is 1. The van der Waals surface area contributed by atoms with Gasteiger partial charge in [0.15, 0.2) is 5.82 Å². The van der Waals surface area contributed by atoms with Crippen molar-refractivity contribution in [3.63, 3.8) is 0 Å². The zero-order valence-electron chi connectivity index (χ0n) is 14.2. The topological polar surface area (TPSA) is 72.7 Å². The number of fused-ring (bicyclic) bond motifs is 1. The predicted octanol–water partition coefficient (Wildman–Crippen LogP) is 3.08. The molecule has 4 rings (SSSR count). The SMILES string of the molecule is Cc1cc(-c2nccc(-c3cc4n(n3)CCNC4=O)n2)cc(C(F)(F)F)c1. The lowest BCUT2D eigenvalue weighted by Crippen LogP contribution is -2.35. The summed E-state index contributed by atoms with van der Waals surface area (Å²) in [5.74, 6) is -0.0556. The molecule has 9 heteroatoms. The van der Waals surface area contributed by atoms with Gasteiger partial charge in [0.25, 0.3) is 5.91 Å². The van der Waals surface area contributed by atoms with Crippen LogP contribution in [0, 0.1) is 6.92 Å². The van der Waals surface area contributed by atoms with E-state index in [1.54, 1.807) is 29.8 Å². The van der Waals surface area contributed by atoms with Crippen LogP contribution in [-0.2, 0) is 12.7 Å². The van der Waals surface area contributed by atoms with Gasteiger partial charge in [-0.25, -0.2) is 9.97 Å². The van der Waals surface area contributed by atoms with Crippen molar-refractivity contribution in [2.45, 2.75) is 19.6 Å². The number of nitrogens with zero attached hydrogens (tertiary/aromatic N) is 4. The second-order valence-corrected chi connectivity index (χ2v) is 6.24. The van der Waals surface area contributed by atoms with Gasteiger partial charge >= 0.3 is 6.18 Å². The molecular formula is C18H14F3N5O. The summed E-state index contributed by atoms with van der Waals surface area (Å²) in [6, 6.07) is 6.92. The molecular weight excluding hydrogens is 359 g/mol. The van der Waals surface area contributed by atoms with Gasteiger partial charge in [0.1, 0.15) is 11.4 Å². The van der Waals surface area contributed by atoms with Gasteiger partial charge in [0.2, 0.25) is 0 Å². The standard InChI is InChI=1S/C18H14F3N5O/c1-10-6-11(8-12(7-10)18(19,20)21)16-22-3-2-13(24-16)14-9-15-17(27)23-4-5-26(15)25-14/h2-3,6-9H,4-5H2,1H3,(H,23,27). The molecule has 0 bridgehead atoms. The highest BCUT2D eigenvalue weighted by atomic mass is 19.4. The van der Waals surface area contributed by atoms with Crippen molar-refractivity contribution in [1.29, 1.82) is 0 Å². The van der Waals surface area contributed by atoms with E-state index in [2.05, 4.69) is 20.4 Å². The van der Waals surface area contributed by atoms with Crippen molar-refractivity contribution in [2.24, 2.45) is 0 Å². The van der Waals surface area contributed by atoms with Gasteiger partial charge < -0.3 is 5.32 Å². The molecule has 1 amide bonds. The second kappa shape index (κ2) is 6.19. The molecule has 1 aliphatic heterocycles. The normalized spacial score (nSPS) is 14.0. The number of hydrogen-bond donors (Lipinski definition) is 1. The maximum Gasteiger partial charge on any atom is 0.416 e. The molecule has 3 aromatic rings. The second-order valence-electron chi connectivity index (χ2n) is 6.24. The summed E-state index contributed by atoms with van der Waals surface area (Å²) in [5, 5.41) is 7.09. The highest BCUT2D eigenvalue weighted by molar-refractivity contribution is 5.94. The van der Waals surface area contributed by atoms with Crippen LogP contribution in [0.1, 0.15) is 21.6 Å². The van der Waals surface area contributed by atoms with Crippen molar-refractivity contribution in [2.75, 3.05) is 6.54 Å². The first-order valence-corrected chi connectivity index (χ1v) is 8.20. The summed E-state index contributed by atoms with van der Waals surface area (Å²) < 4.78 is 40.8. The number of nitrogens with one attached hydrogen (secondary N) is 1. The van der Waals surface area contributed by atoms with Crippen molar-refractivity contribution >= 4 is 5.91 Å². The van der Waals surface area contributed by atoms with E-state index in [-0.39, 0.29) is 17.3 Å². The van der Waals surface area contributed by atoms with Crippen LogP contribution >= 0.6 is 0 Å². The van der Waals surface area contributed by atoms with Crippen LogP contribution in [-0.4, -0.2) is 32.2 Å². The first-order chi connectivity index (χ1) is 12.8. The van der Waals surface area contributed by atoms with Crippen LogP contribution in [0.15, 0.2) is 36.5 Å². The lowest BCUT2D eigenvalue weighted by atomic mass is 10.1. The largest absolute Gasteiger partial charge is 0.416 e. The fourth-order valence-electron chi connectivity index (χ4n) is 2.98. The van der Waals surface area contributed by atoms with Crippen LogP contribution in [0.5, 0.6) is 0 Å². The Balaban J connectivity index is 1.76. The summed E-state index contributed by atoms with van der Waals surface area (Å²) in [6.07, 6.45) is -2.99. The predicted molar refractivity (Wildman–Crippen MR) is 90.8 cm³/mol. The van der Waals surface area contributed by atoms with Crippen molar-refractivity contribution in [3.05, 3.63) is 53.3 Å². The summed E-state index contributed by atoms with van der Waals surface area (Å²) in [5.41, 5.74) is 1.31. The van der Waals surface area contributed by atoms with E-state index in [0.29, 0.717) is 35.7 Å². The number of amides is 1. The Morgan fingerprint density at radius 1 is 1.15 bits per heavy atom. The van der Waals surface area contributed by atoms with E-state index in [9.17, 15) is 18.0 Å². The third-order valence-electron chi connectivity index (χ3n) is 4.20. The number of hydrogen-bond acceptors (Lipinski definition) is 4. The Kier molecular flexibility index (Phi) is 3.94. The maximum absolute atomic E-state index is 13.1. The molecule has 3 heterocycles. The fraction of sp³-hybridized carbons (Fsp3) is 0.222. The van der Waals surface area contributed by atoms with E-state index >= 15 is 0 Å². The molecule has 0 aliphatic carbocycles. The van der Waals surface area contributed by atoms with Gasteiger partial charge in [-0.15, -0.1) is 0 Å². The van der Waals surface area contributed by atoms with Crippen molar-refractivity contribution < 1.29 is 18.0 Å². The smallest absolute Gasteiger partial charge is 0.349 e. The number of benzene rings is 1. The molecule has 1 N–H and O–H groups in total. The molecule has 2 aromatic heterocycles. The van der Waals surface area contributed by atoms with Crippen LogP contribution in [0.4, 0.5) is 13.2 Å². The molecule has 6 nitrogen and oxygen atoms in total. The number of rotatable bonds is 2. The number of halogens is 3. The average Bonchev–Trinajstić information content (AvgIpc) is 3.06. The molecule has 0 saturated heterocycles. The average molecular weight is 373 g/mol. The van der Waals surface area contributed by atoms with Gasteiger partial charge in [-0.3, -0.25) is 9.48 Å². The highest BCUT2D eigenvalue weighted by Crippen LogP contribution is 2.33. The summed E-state index contributed by atoms with van der Waals surface area (Å²) >= 11 is 0. The van der Waals surface area contributed by atoms with Gasteiger partial charge in [0.05, 0.1) is 17.8 Å². The third-order valence-corrected chi connectivity index (χ3v) is 4.20. The van der Waals surface area contributed by atoms with E-state index < -0.39 is 11.7 Å². The first-order valence-electron chi connectivity index (χ1n) is 8.20. The molecule has 0 spiro atoms. The van der Waals surface area contributed by atoms with Gasteiger partial charge in [-0.2, -0.15) is 18.3 Å². The summed E-state index contributed by atoms with van der Waals surface area (Å²) in [7, 11) is 0. The van der Waals surface area contributed by atoms with E-state index in [1.807, 2.05) is 0 Å². The van der Waals surface area contributed by atoms with Crippen LogP contribution in [0.3, 0.4) is 0 Å². The maximum atomic E-state index is 13.1. The zero-order valence-corrected chi connectivity index (χ0v) is 14.2. The minimum Gasteiger partial charge on any atom is -0.349 e. The molecule has 0 fully saturated rings. The summed E-state index contributed by atoms with van der Waals surface area (Å²) in [6.45, 7) is 2.63. The Bertz CT molecular complexity index is 1040. The fourth-order valence-corrected chi connectivity index (χ4v) is 2.98. The summed E-state index contributed by atoms with van der Waals surface area (Å²) in [4.78, 5) is 20.3. The molecule has 1 aliphatic rings. The van der Waals surface area contributed by atoms with Crippen LogP contribution < -0.4 is 5.32 Å². The Morgan fingerprint density at radius 3 is 2.70 bits per heavy atom. The quantitative estimate of drug-likeness (QED) is 0.749. The monoisotopic (exact) mass is 373 g/mol. The van der Waals surface area contributed by atoms with Gasteiger partial charge in [0, 0.05) is 18.3 Å². The Labute approximate surface area is 152 Å². The Morgan fingerprint density at radius 2 is 1.96 bits per heavy atom. The number of aryl methyl sites for hydroxylation is 1. The highest BCUT2D eigenvalue weighted by Gasteiger charge is 2.31. The lowest BCUT2D eigenvalue weighted by molar-refractivity contribution is -0.137. The van der Waals surface area contributed by atoms with E-state index in [4.69, 9.17) is 0 Å². The zero-order chi connectivity index (χ0) is 19.2. The van der Waals surface area contributed by atoms with Crippen molar-refractivity contribution in [1.82, 2.24) is 25.1 Å². The minimum absolute atomic E-state index is 0.164. The van der Waals surface area contributed by atoms with E-state index in [0.717, 1.165) is 12.1 Å². The molecule has 0 radical (unpaired) electrons. The molecule has 27 heavy (non-hydrogen) atoms. The van der Waals surface area contributed by atoms with Gasteiger partial charge in [-0.05, 0) is 42.8 Å². The van der Waals surface area contributed by atoms with E-state index in [1.165, 1.54) is 6.20 Å². The Hall–Kier alpha value is -3.23. The number of aromatic nitrogens is 4. The molecule has 0 unspecified atom stereocenters. The minimum atomic E-state index is -4.45. The van der Waals surface area contributed by atoms with Gasteiger partial charge in [-0.1, -0.05) is 0 Å². The lowest BCUT2D eigenvalue weighted by Gasteiger charge is -2.13. The number of alkyl halides is 3. The number of carbonyl (C=O) groups excluding carboxylic acids is 1. The van der Waals surface area contributed by atoms with Crippen LogP contribution in [0.25, 0.3) is 22.8 Å². The molecule has 0 saturated carbocycles. The molecule has 0 atom stereocenters. The molecule has 1 aromatic carbocycles.